The lowest BCUT2D eigenvalue weighted by Gasteiger charge is -2.22. The summed E-state index contributed by atoms with van der Waals surface area (Å²) < 4.78 is 0. The number of carbonyl (C=O) groups is 2. The summed E-state index contributed by atoms with van der Waals surface area (Å²) in [4.78, 5) is 28.5. The fraction of sp³-hybridized carbons (Fsp3) is 0.286. The quantitative estimate of drug-likeness (QED) is 0.722. The molecule has 4 rings (SSSR count). The molecule has 1 aliphatic heterocycles. The van der Waals surface area contributed by atoms with Crippen LogP contribution in [0.2, 0.25) is 0 Å². The van der Waals surface area contributed by atoms with E-state index in [4.69, 9.17) is 0 Å². The van der Waals surface area contributed by atoms with Gasteiger partial charge in [0.25, 0.3) is 5.91 Å². The van der Waals surface area contributed by atoms with Crippen LogP contribution in [0.4, 0.5) is 0 Å². The molecule has 7 heteroatoms. The van der Waals surface area contributed by atoms with Crippen LogP contribution in [0, 0.1) is 0 Å². The lowest BCUT2D eigenvalue weighted by molar-refractivity contribution is -0.131. The minimum atomic E-state index is -0.779. The third-order valence-corrected chi connectivity index (χ3v) is 5.06. The van der Waals surface area contributed by atoms with E-state index in [0.717, 1.165) is 16.3 Å². The van der Waals surface area contributed by atoms with Crippen molar-refractivity contribution in [2.75, 3.05) is 26.2 Å². The summed E-state index contributed by atoms with van der Waals surface area (Å²) in [5.74, 6) is -0.247. The number of amides is 2. The predicted octanol–water partition coefficient (Wildman–Crippen LogP) is 1.45. The minimum Gasteiger partial charge on any atom is -0.389 e. The second-order valence-electron chi connectivity index (χ2n) is 7.09. The number of benzene rings is 2. The number of fused-ring (bicyclic) bond motifs is 1. The molecule has 2 heterocycles. The highest BCUT2D eigenvalue weighted by Gasteiger charge is 2.27. The molecule has 2 amide bonds. The average Bonchev–Trinajstić information content (AvgIpc) is 3.16. The number of hydrogen-bond donors (Lipinski definition) is 2. The Kier molecular flexibility index (Phi) is 5.08. The van der Waals surface area contributed by atoms with Gasteiger partial charge in [0.05, 0.1) is 24.3 Å². The summed E-state index contributed by atoms with van der Waals surface area (Å²) in [5.41, 5.74) is 1.39. The smallest absolute Gasteiger partial charge is 0.257 e. The van der Waals surface area contributed by atoms with Gasteiger partial charge in [-0.15, -0.1) is 0 Å². The molecule has 1 atom stereocenters. The molecular weight excluding hydrogens is 356 g/mol. The molecule has 2 aromatic carbocycles. The molecule has 1 saturated heterocycles. The molecule has 0 saturated carbocycles. The first kappa shape index (κ1) is 18.2. The van der Waals surface area contributed by atoms with Gasteiger partial charge in [0, 0.05) is 32.4 Å². The summed E-state index contributed by atoms with van der Waals surface area (Å²) in [6, 6.07) is 14.0. The number of aromatic nitrogens is 2. The summed E-state index contributed by atoms with van der Waals surface area (Å²) >= 11 is 0. The van der Waals surface area contributed by atoms with Crippen LogP contribution in [0.5, 0.6) is 0 Å². The summed E-state index contributed by atoms with van der Waals surface area (Å²) in [5, 5.41) is 19.0. The van der Waals surface area contributed by atoms with E-state index >= 15 is 0 Å². The third kappa shape index (κ3) is 3.89. The van der Waals surface area contributed by atoms with Crippen molar-refractivity contribution < 1.29 is 14.7 Å². The van der Waals surface area contributed by atoms with E-state index in [1.54, 1.807) is 9.80 Å². The monoisotopic (exact) mass is 378 g/mol. The lowest BCUT2D eigenvalue weighted by Crippen LogP contribution is -2.38. The largest absolute Gasteiger partial charge is 0.389 e. The number of aromatic amines is 1. The second kappa shape index (κ2) is 7.82. The number of H-pyrrole nitrogens is 1. The normalized spacial score (nSPS) is 17.5. The average molecular weight is 378 g/mol. The number of nitrogens with zero attached hydrogens (tertiary/aromatic N) is 3. The molecule has 0 spiro atoms. The zero-order valence-corrected chi connectivity index (χ0v) is 15.4. The Hall–Kier alpha value is -3.19. The first-order valence-electron chi connectivity index (χ1n) is 9.32. The van der Waals surface area contributed by atoms with Gasteiger partial charge >= 0.3 is 0 Å². The molecule has 1 aromatic heterocycles. The first-order chi connectivity index (χ1) is 13.6. The van der Waals surface area contributed by atoms with Crippen LogP contribution in [0.15, 0.2) is 54.9 Å². The second-order valence-corrected chi connectivity index (χ2v) is 7.09. The Bertz CT molecular complexity index is 986. The molecule has 1 aliphatic rings. The summed E-state index contributed by atoms with van der Waals surface area (Å²) in [6.07, 6.45) is 2.48. The molecule has 1 unspecified atom stereocenters. The molecule has 0 aliphatic carbocycles. The highest BCUT2D eigenvalue weighted by Crippen LogP contribution is 2.17. The molecule has 3 aromatic rings. The van der Waals surface area contributed by atoms with Gasteiger partial charge in [-0.1, -0.05) is 42.5 Å². The number of aliphatic hydroxyl groups excluding tert-OH is 1. The van der Waals surface area contributed by atoms with E-state index < -0.39 is 6.10 Å². The Balaban J connectivity index is 1.43. The molecular formula is C21H22N4O3. The SMILES string of the molecule is O=C(Cc1ccc2ccccc2c1)N1CCN(C(=O)c2cn[nH]c2)CC(O)C1. The number of hydrogen-bond acceptors (Lipinski definition) is 4. The molecule has 144 valence electrons. The lowest BCUT2D eigenvalue weighted by atomic mass is 10.0. The fourth-order valence-electron chi connectivity index (χ4n) is 3.59. The molecule has 28 heavy (non-hydrogen) atoms. The number of nitrogens with one attached hydrogen (secondary N) is 1. The Morgan fingerprint density at radius 3 is 2.61 bits per heavy atom. The summed E-state index contributed by atoms with van der Waals surface area (Å²) in [7, 11) is 0. The van der Waals surface area contributed by atoms with E-state index in [9.17, 15) is 14.7 Å². The van der Waals surface area contributed by atoms with Crippen LogP contribution in [0.1, 0.15) is 15.9 Å². The maximum Gasteiger partial charge on any atom is 0.257 e. The minimum absolute atomic E-state index is 0.0491. The molecule has 0 bridgehead atoms. The highest BCUT2D eigenvalue weighted by molar-refractivity contribution is 5.93. The van der Waals surface area contributed by atoms with Crippen molar-refractivity contribution in [2.45, 2.75) is 12.5 Å². The molecule has 1 fully saturated rings. The highest BCUT2D eigenvalue weighted by atomic mass is 16.3. The standard InChI is InChI=1S/C21H22N4O3/c26-19-13-24(7-8-25(14-19)21(28)18-11-22-23-12-18)20(27)10-15-5-6-16-3-1-2-4-17(16)9-15/h1-6,9,11-12,19,26H,7-8,10,13-14H2,(H,22,23). The molecule has 2 N–H and O–H groups in total. The number of β-amino-alcohol motifs (C(OH)–C–C–N with tert-alkyl or cyclic N) is 1. The van der Waals surface area contributed by atoms with Crippen LogP contribution in [0.3, 0.4) is 0 Å². The predicted molar refractivity (Wildman–Crippen MR) is 105 cm³/mol. The molecule has 0 radical (unpaired) electrons. The number of carbonyl (C=O) groups excluding carboxylic acids is 2. The van der Waals surface area contributed by atoms with E-state index in [0.29, 0.717) is 18.7 Å². The Morgan fingerprint density at radius 2 is 1.82 bits per heavy atom. The summed E-state index contributed by atoms with van der Waals surface area (Å²) in [6.45, 7) is 1.20. The van der Waals surface area contributed by atoms with E-state index in [2.05, 4.69) is 10.2 Å². The van der Waals surface area contributed by atoms with Crippen molar-refractivity contribution in [2.24, 2.45) is 0 Å². The van der Waals surface area contributed by atoms with Gasteiger partial charge in [-0.25, -0.2) is 0 Å². The zero-order valence-electron chi connectivity index (χ0n) is 15.4. The maximum atomic E-state index is 12.8. The van der Waals surface area contributed by atoms with Gasteiger partial charge in [0.1, 0.15) is 0 Å². The first-order valence-corrected chi connectivity index (χ1v) is 9.32. The van der Waals surface area contributed by atoms with Gasteiger partial charge in [0.15, 0.2) is 0 Å². The Labute approximate surface area is 162 Å². The van der Waals surface area contributed by atoms with E-state index in [-0.39, 0.29) is 31.3 Å². The van der Waals surface area contributed by atoms with Crippen LogP contribution in [0.25, 0.3) is 10.8 Å². The number of rotatable bonds is 3. The zero-order chi connectivity index (χ0) is 19.5. The van der Waals surface area contributed by atoms with Crippen LogP contribution < -0.4 is 0 Å². The third-order valence-electron chi connectivity index (χ3n) is 5.06. The fourth-order valence-corrected chi connectivity index (χ4v) is 3.59. The van der Waals surface area contributed by atoms with Gasteiger partial charge < -0.3 is 14.9 Å². The topological polar surface area (TPSA) is 89.5 Å². The van der Waals surface area contributed by atoms with E-state index in [1.807, 2.05) is 42.5 Å². The maximum absolute atomic E-state index is 12.8. The van der Waals surface area contributed by atoms with Gasteiger partial charge in [0.2, 0.25) is 5.91 Å². The van der Waals surface area contributed by atoms with Crippen molar-refractivity contribution in [1.29, 1.82) is 0 Å². The van der Waals surface area contributed by atoms with Crippen molar-refractivity contribution in [3.63, 3.8) is 0 Å². The van der Waals surface area contributed by atoms with Crippen molar-refractivity contribution >= 4 is 22.6 Å². The van der Waals surface area contributed by atoms with E-state index in [1.165, 1.54) is 12.4 Å². The van der Waals surface area contributed by atoms with Crippen molar-refractivity contribution in [1.82, 2.24) is 20.0 Å². The van der Waals surface area contributed by atoms with Crippen molar-refractivity contribution in [3.8, 4) is 0 Å². The van der Waals surface area contributed by atoms with Gasteiger partial charge in [-0.05, 0) is 16.3 Å². The number of aliphatic hydroxyl groups is 1. The van der Waals surface area contributed by atoms with Crippen LogP contribution in [-0.4, -0.2) is 69.2 Å². The van der Waals surface area contributed by atoms with Gasteiger partial charge in [-0.2, -0.15) is 5.10 Å². The van der Waals surface area contributed by atoms with Crippen molar-refractivity contribution in [3.05, 3.63) is 66.0 Å². The van der Waals surface area contributed by atoms with Crippen LogP contribution >= 0.6 is 0 Å². The Morgan fingerprint density at radius 1 is 1.07 bits per heavy atom. The molecule has 7 nitrogen and oxygen atoms in total. The van der Waals surface area contributed by atoms with Crippen LogP contribution in [-0.2, 0) is 11.2 Å². The van der Waals surface area contributed by atoms with Gasteiger partial charge in [-0.3, -0.25) is 14.7 Å².